The third-order valence-corrected chi connectivity index (χ3v) is 5.92. The number of nitrogens with one attached hydrogen (secondary N) is 1. The standard InChI is InChI=1S/C23H30N4O2S/c1-17(23(28)25-20-11-4-5-12-21(20)30-2)29-26-22(24)19-10-8-9-18(15-19)16-27-13-6-3-7-14-27/h4-5,8-12,15,17H,3,6-7,13-14,16H2,1-2H3,(H2,24,26)(H,25,28). The van der Waals surface area contributed by atoms with Crippen LogP contribution in [0.15, 0.2) is 58.6 Å². The molecule has 160 valence electrons. The molecule has 0 spiro atoms. The fourth-order valence-corrected chi connectivity index (χ4v) is 3.98. The summed E-state index contributed by atoms with van der Waals surface area (Å²) in [5.74, 6) is -0.00782. The van der Waals surface area contributed by atoms with Gasteiger partial charge in [-0.2, -0.15) is 0 Å². The number of piperidine rings is 1. The average molecular weight is 427 g/mol. The number of oxime groups is 1. The molecule has 2 aromatic carbocycles. The Bertz CT molecular complexity index is 881. The summed E-state index contributed by atoms with van der Waals surface area (Å²) in [7, 11) is 0. The van der Waals surface area contributed by atoms with Crippen molar-refractivity contribution in [3.05, 3.63) is 59.7 Å². The molecule has 3 rings (SSSR count). The molecule has 3 N–H and O–H groups in total. The van der Waals surface area contributed by atoms with Gasteiger partial charge in [0.2, 0.25) is 6.10 Å². The van der Waals surface area contributed by atoms with E-state index in [0.29, 0.717) is 0 Å². The van der Waals surface area contributed by atoms with Gasteiger partial charge in [-0.05, 0) is 62.9 Å². The van der Waals surface area contributed by atoms with Crippen molar-refractivity contribution >= 4 is 29.2 Å². The van der Waals surface area contributed by atoms with Gasteiger partial charge >= 0.3 is 0 Å². The zero-order chi connectivity index (χ0) is 21.3. The van der Waals surface area contributed by atoms with Crippen LogP contribution in [0.2, 0.25) is 0 Å². The first-order valence-corrected chi connectivity index (χ1v) is 11.5. The van der Waals surface area contributed by atoms with Crippen molar-refractivity contribution in [1.29, 1.82) is 0 Å². The number of amides is 1. The minimum Gasteiger partial charge on any atom is -0.381 e. The summed E-state index contributed by atoms with van der Waals surface area (Å²) in [4.78, 5) is 21.3. The summed E-state index contributed by atoms with van der Waals surface area (Å²) in [6.07, 6.45) is 5.05. The highest BCUT2D eigenvalue weighted by Gasteiger charge is 2.16. The molecule has 1 unspecified atom stereocenters. The molecule has 1 amide bonds. The highest BCUT2D eigenvalue weighted by molar-refractivity contribution is 7.98. The molecule has 6 nitrogen and oxygen atoms in total. The second-order valence-electron chi connectivity index (χ2n) is 7.45. The fourth-order valence-electron chi connectivity index (χ4n) is 3.42. The van der Waals surface area contributed by atoms with Crippen molar-refractivity contribution in [1.82, 2.24) is 4.90 Å². The molecule has 1 saturated heterocycles. The van der Waals surface area contributed by atoms with Gasteiger partial charge in [-0.1, -0.05) is 41.9 Å². The van der Waals surface area contributed by atoms with Gasteiger partial charge in [-0.3, -0.25) is 9.69 Å². The van der Waals surface area contributed by atoms with E-state index in [9.17, 15) is 4.79 Å². The van der Waals surface area contributed by atoms with Crippen molar-refractivity contribution in [3.63, 3.8) is 0 Å². The van der Waals surface area contributed by atoms with Crippen LogP contribution >= 0.6 is 11.8 Å². The number of hydrogen-bond donors (Lipinski definition) is 2. The maximum Gasteiger partial charge on any atom is 0.268 e. The number of anilines is 1. The highest BCUT2D eigenvalue weighted by Crippen LogP contribution is 2.24. The Balaban J connectivity index is 1.58. The van der Waals surface area contributed by atoms with Crippen molar-refractivity contribution in [3.8, 4) is 0 Å². The minimum atomic E-state index is -0.769. The number of nitrogens with zero attached hydrogens (tertiary/aromatic N) is 2. The third kappa shape index (κ3) is 6.24. The zero-order valence-electron chi connectivity index (χ0n) is 17.6. The lowest BCUT2D eigenvalue weighted by atomic mass is 10.1. The van der Waals surface area contributed by atoms with Gasteiger partial charge in [0.25, 0.3) is 5.91 Å². The molecule has 7 heteroatoms. The molecule has 1 heterocycles. The highest BCUT2D eigenvalue weighted by atomic mass is 32.2. The second-order valence-corrected chi connectivity index (χ2v) is 8.30. The molecule has 2 aromatic rings. The Kier molecular flexibility index (Phi) is 8.16. The topological polar surface area (TPSA) is 79.9 Å². The van der Waals surface area contributed by atoms with Gasteiger partial charge in [0.15, 0.2) is 5.84 Å². The van der Waals surface area contributed by atoms with E-state index < -0.39 is 6.10 Å². The number of amidine groups is 1. The Morgan fingerprint density at radius 3 is 2.73 bits per heavy atom. The Hall–Kier alpha value is -2.51. The summed E-state index contributed by atoms with van der Waals surface area (Å²) in [5, 5.41) is 6.88. The Morgan fingerprint density at radius 2 is 1.97 bits per heavy atom. The van der Waals surface area contributed by atoms with Crippen LogP contribution in [0.4, 0.5) is 5.69 Å². The smallest absolute Gasteiger partial charge is 0.268 e. The number of rotatable bonds is 8. The van der Waals surface area contributed by atoms with Gasteiger partial charge in [0.1, 0.15) is 0 Å². The number of likely N-dealkylation sites (tertiary alicyclic amines) is 1. The number of nitrogens with two attached hydrogens (primary N) is 1. The maximum atomic E-state index is 12.4. The van der Waals surface area contributed by atoms with Crippen LogP contribution in [0.25, 0.3) is 0 Å². The Morgan fingerprint density at radius 1 is 1.20 bits per heavy atom. The number of thioether (sulfide) groups is 1. The van der Waals surface area contributed by atoms with Crippen LogP contribution in [-0.4, -0.2) is 42.1 Å². The number of carbonyl (C=O) groups excluding carboxylic acids is 1. The summed E-state index contributed by atoms with van der Waals surface area (Å²) < 4.78 is 0. The van der Waals surface area contributed by atoms with Gasteiger partial charge < -0.3 is 15.9 Å². The zero-order valence-corrected chi connectivity index (χ0v) is 18.5. The van der Waals surface area contributed by atoms with Gasteiger partial charge in [-0.25, -0.2) is 0 Å². The van der Waals surface area contributed by atoms with Crippen LogP contribution in [0.1, 0.15) is 37.3 Å². The van der Waals surface area contributed by atoms with Crippen molar-refractivity contribution < 1.29 is 9.63 Å². The van der Waals surface area contributed by atoms with Crippen LogP contribution < -0.4 is 11.1 Å². The molecule has 0 radical (unpaired) electrons. The molecular weight excluding hydrogens is 396 g/mol. The minimum absolute atomic E-state index is 0.264. The lowest BCUT2D eigenvalue weighted by molar-refractivity contribution is -0.126. The van der Waals surface area contributed by atoms with Crippen LogP contribution in [0, 0.1) is 0 Å². The molecule has 1 fully saturated rings. The molecule has 0 aliphatic carbocycles. The van der Waals surface area contributed by atoms with E-state index in [1.165, 1.54) is 24.8 Å². The SMILES string of the molecule is CSc1ccccc1NC(=O)C(C)ON=C(N)c1cccc(CN2CCCCC2)c1. The van der Waals surface area contributed by atoms with Gasteiger partial charge in [-0.15, -0.1) is 11.8 Å². The molecule has 1 aliphatic rings. The van der Waals surface area contributed by atoms with Crippen LogP contribution in [-0.2, 0) is 16.2 Å². The molecule has 1 atom stereocenters. The monoisotopic (exact) mass is 426 g/mol. The van der Waals surface area contributed by atoms with E-state index in [1.807, 2.05) is 48.7 Å². The predicted octanol–water partition coefficient (Wildman–Crippen LogP) is 4.06. The normalized spacial score (nSPS) is 16.1. The molecule has 0 aromatic heterocycles. The molecule has 1 aliphatic heterocycles. The number of hydrogen-bond acceptors (Lipinski definition) is 5. The van der Waals surface area contributed by atoms with Crippen molar-refractivity contribution in [2.45, 2.75) is 43.7 Å². The van der Waals surface area contributed by atoms with Gasteiger partial charge in [0, 0.05) is 17.0 Å². The lowest BCUT2D eigenvalue weighted by Gasteiger charge is -2.26. The number of para-hydroxylation sites is 1. The van der Waals surface area contributed by atoms with E-state index in [-0.39, 0.29) is 11.7 Å². The first-order chi connectivity index (χ1) is 14.6. The van der Waals surface area contributed by atoms with Gasteiger partial charge in [0.05, 0.1) is 5.69 Å². The van der Waals surface area contributed by atoms with Crippen LogP contribution in [0.5, 0.6) is 0 Å². The van der Waals surface area contributed by atoms with Crippen molar-refractivity contribution in [2.24, 2.45) is 10.9 Å². The quantitative estimate of drug-likeness (QED) is 0.288. The second kappa shape index (κ2) is 11.0. The summed E-state index contributed by atoms with van der Waals surface area (Å²) in [6, 6.07) is 15.7. The number of carbonyl (C=O) groups is 1. The lowest BCUT2D eigenvalue weighted by Crippen LogP contribution is -2.29. The summed E-state index contributed by atoms with van der Waals surface area (Å²) in [5.41, 5.74) is 8.87. The van der Waals surface area contributed by atoms with E-state index in [4.69, 9.17) is 10.6 Å². The maximum absolute atomic E-state index is 12.4. The van der Waals surface area contributed by atoms with E-state index in [1.54, 1.807) is 18.7 Å². The Labute approximate surface area is 182 Å². The number of benzene rings is 2. The van der Waals surface area contributed by atoms with E-state index in [2.05, 4.69) is 21.4 Å². The van der Waals surface area contributed by atoms with E-state index >= 15 is 0 Å². The van der Waals surface area contributed by atoms with Crippen LogP contribution in [0.3, 0.4) is 0 Å². The largest absolute Gasteiger partial charge is 0.381 e. The first kappa shape index (κ1) is 22.2. The average Bonchev–Trinajstić information content (AvgIpc) is 2.78. The first-order valence-electron chi connectivity index (χ1n) is 10.3. The third-order valence-electron chi connectivity index (χ3n) is 5.12. The summed E-state index contributed by atoms with van der Waals surface area (Å²) >= 11 is 1.57. The fraction of sp³-hybridized carbons (Fsp3) is 0.391. The van der Waals surface area contributed by atoms with E-state index in [0.717, 1.165) is 35.8 Å². The molecular formula is C23H30N4O2S. The predicted molar refractivity (Wildman–Crippen MR) is 124 cm³/mol. The molecule has 30 heavy (non-hydrogen) atoms. The summed E-state index contributed by atoms with van der Waals surface area (Å²) in [6.45, 7) is 4.85. The molecule has 0 bridgehead atoms. The van der Waals surface area contributed by atoms with Crippen molar-refractivity contribution in [2.75, 3.05) is 24.7 Å². The molecule has 0 saturated carbocycles.